The molecular formula is C14H20O2. The minimum atomic E-state index is -0.153. The van der Waals surface area contributed by atoms with Gasteiger partial charge in [0.05, 0.1) is 0 Å². The normalized spacial score (nSPS) is 12.2. The number of aryl methyl sites for hydroxylation is 2. The topological polar surface area (TPSA) is 26.3 Å². The number of rotatable bonds is 4. The Morgan fingerprint density at radius 1 is 1.38 bits per heavy atom. The molecule has 0 fully saturated rings. The summed E-state index contributed by atoms with van der Waals surface area (Å²) in [5.74, 6) is -0.116. The van der Waals surface area contributed by atoms with E-state index in [1.165, 1.54) is 11.1 Å². The average Bonchev–Trinajstić information content (AvgIpc) is 2.17. The Balaban J connectivity index is 2.72. The van der Waals surface area contributed by atoms with Crippen molar-refractivity contribution in [2.24, 2.45) is 0 Å². The molecule has 1 atom stereocenters. The lowest BCUT2D eigenvalue weighted by molar-refractivity contribution is -0.148. The zero-order chi connectivity index (χ0) is 12.1. The van der Waals surface area contributed by atoms with Gasteiger partial charge in [-0.2, -0.15) is 0 Å². The van der Waals surface area contributed by atoms with Crippen molar-refractivity contribution in [1.29, 1.82) is 0 Å². The molecule has 0 spiro atoms. The van der Waals surface area contributed by atoms with Crippen LogP contribution < -0.4 is 0 Å². The molecule has 0 aliphatic carbocycles. The maximum Gasteiger partial charge on any atom is 0.306 e. The van der Waals surface area contributed by atoms with E-state index in [2.05, 4.69) is 13.0 Å². The predicted molar refractivity (Wildman–Crippen MR) is 65.3 cm³/mol. The molecular weight excluding hydrogens is 200 g/mol. The van der Waals surface area contributed by atoms with Crippen molar-refractivity contribution in [2.45, 2.75) is 46.6 Å². The molecule has 0 aliphatic heterocycles. The van der Waals surface area contributed by atoms with Gasteiger partial charge < -0.3 is 4.74 Å². The Hall–Kier alpha value is -1.31. The Bertz CT molecular complexity index is 369. The van der Waals surface area contributed by atoms with Gasteiger partial charge in [-0.1, -0.05) is 30.7 Å². The molecule has 88 valence electrons. The van der Waals surface area contributed by atoms with Crippen molar-refractivity contribution >= 4 is 5.97 Å². The van der Waals surface area contributed by atoms with Gasteiger partial charge in [-0.25, -0.2) is 0 Å². The molecule has 1 aromatic rings. The second-order valence-corrected chi connectivity index (χ2v) is 4.24. The van der Waals surface area contributed by atoms with Crippen LogP contribution in [0.5, 0.6) is 0 Å². The van der Waals surface area contributed by atoms with Gasteiger partial charge >= 0.3 is 5.97 Å². The molecule has 0 heterocycles. The molecule has 16 heavy (non-hydrogen) atoms. The zero-order valence-corrected chi connectivity index (χ0v) is 10.5. The van der Waals surface area contributed by atoms with Gasteiger partial charge in [-0.05, 0) is 38.3 Å². The van der Waals surface area contributed by atoms with Crippen LogP contribution in [0.1, 0.15) is 49.5 Å². The van der Waals surface area contributed by atoms with E-state index in [0.29, 0.717) is 6.42 Å². The number of benzene rings is 1. The van der Waals surface area contributed by atoms with Crippen LogP contribution in [0.15, 0.2) is 18.2 Å². The number of hydrogen-bond acceptors (Lipinski definition) is 2. The molecule has 0 aromatic heterocycles. The van der Waals surface area contributed by atoms with Crippen LogP contribution in [0.4, 0.5) is 0 Å². The fraction of sp³-hybridized carbons (Fsp3) is 0.500. The second-order valence-electron chi connectivity index (χ2n) is 4.24. The fourth-order valence-electron chi connectivity index (χ4n) is 1.81. The van der Waals surface area contributed by atoms with Gasteiger partial charge in [-0.3, -0.25) is 4.79 Å². The molecule has 2 nitrogen and oxygen atoms in total. The SMILES string of the molecule is CCCC(=O)O[C@H](C)c1ccc(C)cc1C. The van der Waals surface area contributed by atoms with E-state index in [0.717, 1.165) is 12.0 Å². The molecule has 0 bridgehead atoms. The Labute approximate surface area is 97.6 Å². The third-order valence-electron chi connectivity index (χ3n) is 2.63. The molecule has 0 unspecified atom stereocenters. The molecule has 1 aromatic carbocycles. The summed E-state index contributed by atoms with van der Waals surface area (Å²) in [4.78, 5) is 11.4. The van der Waals surface area contributed by atoms with Crippen LogP contribution in [0, 0.1) is 13.8 Å². The fourth-order valence-corrected chi connectivity index (χ4v) is 1.81. The highest BCUT2D eigenvalue weighted by Gasteiger charge is 2.12. The van der Waals surface area contributed by atoms with Crippen LogP contribution in [-0.4, -0.2) is 5.97 Å². The summed E-state index contributed by atoms with van der Waals surface area (Å²) >= 11 is 0. The smallest absolute Gasteiger partial charge is 0.306 e. The van der Waals surface area contributed by atoms with Crippen molar-refractivity contribution in [1.82, 2.24) is 0 Å². The van der Waals surface area contributed by atoms with Crippen molar-refractivity contribution in [3.8, 4) is 0 Å². The summed E-state index contributed by atoms with van der Waals surface area (Å²) in [6.45, 7) is 8.01. The Morgan fingerprint density at radius 2 is 2.06 bits per heavy atom. The first-order valence-electron chi connectivity index (χ1n) is 5.81. The van der Waals surface area contributed by atoms with Crippen LogP contribution in [0.25, 0.3) is 0 Å². The summed E-state index contributed by atoms with van der Waals surface area (Å²) in [5.41, 5.74) is 3.50. The lowest BCUT2D eigenvalue weighted by Crippen LogP contribution is -2.09. The van der Waals surface area contributed by atoms with E-state index >= 15 is 0 Å². The van der Waals surface area contributed by atoms with Gasteiger partial charge in [0.2, 0.25) is 0 Å². The molecule has 0 N–H and O–H groups in total. The summed E-state index contributed by atoms with van der Waals surface area (Å²) in [7, 11) is 0. The monoisotopic (exact) mass is 220 g/mol. The van der Waals surface area contributed by atoms with Gasteiger partial charge in [0, 0.05) is 6.42 Å². The lowest BCUT2D eigenvalue weighted by Gasteiger charge is -2.16. The lowest BCUT2D eigenvalue weighted by atomic mass is 10.0. The van der Waals surface area contributed by atoms with Crippen molar-refractivity contribution in [3.05, 3.63) is 34.9 Å². The van der Waals surface area contributed by atoms with E-state index in [4.69, 9.17) is 4.74 Å². The van der Waals surface area contributed by atoms with Crippen LogP contribution in [0.3, 0.4) is 0 Å². The highest BCUT2D eigenvalue weighted by atomic mass is 16.5. The second kappa shape index (κ2) is 5.69. The van der Waals surface area contributed by atoms with Crippen molar-refractivity contribution in [2.75, 3.05) is 0 Å². The molecule has 0 saturated carbocycles. The van der Waals surface area contributed by atoms with Gasteiger partial charge in [0.1, 0.15) is 6.10 Å². The maximum atomic E-state index is 11.4. The first-order valence-corrected chi connectivity index (χ1v) is 5.81. The highest BCUT2D eigenvalue weighted by Crippen LogP contribution is 2.22. The number of ether oxygens (including phenoxy) is 1. The molecule has 0 radical (unpaired) electrons. The minimum absolute atomic E-state index is 0.116. The van der Waals surface area contributed by atoms with Crippen molar-refractivity contribution in [3.63, 3.8) is 0 Å². The van der Waals surface area contributed by atoms with Crippen molar-refractivity contribution < 1.29 is 9.53 Å². The third-order valence-corrected chi connectivity index (χ3v) is 2.63. The summed E-state index contributed by atoms with van der Waals surface area (Å²) in [5, 5.41) is 0. The van der Waals surface area contributed by atoms with Gasteiger partial charge in [0.15, 0.2) is 0 Å². The van der Waals surface area contributed by atoms with Crippen LogP contribution in [0.2, 0.25) is 0 Å². The van der Waals surface area contributed by atoms with Gasteiger partial charge in [-0.15, -0.1) is 0 Å². The van der Waals surface area contributed by atoms with Crippen LogP contribution >= 0.6 is 0 Å². The first-order chi connectivity index (χ1) is 7.54. The standard InChI is InChI=1S/C14H20O2/c1-5-6-14(15)16-12(4)13-8-7-10(2)9-11(13)3/h7-9,12H,5-6H2,1-4H3/t12-/m1/s1. The number of carbonyl (C=O) groups excluding carboxylic acids is 1. The molecule has 0 amide bonds. The third kappa shape index (κ3) is 3.37. The van der Waals surface area contributed by atoms with E-state index in [1.807, 2.05) is 32.9 Å². The molecule has 2 heteroatoms. The molecule has 0 aliphatic rings. The number of carbonyl (C=O) groups is 1. The first kappa shape index (κ1) is 12.8. The highest BCUT2D eigenvalue weighted by molar-refractivity contribution is 5.69. The molecule has 0 saturated heterocycles. The van der Waals surface area contributed by atoms with E-state index in [1.54, 1.807) is 0 Å². The van der Waals surface area contributed by atoms with E-state index in [9.17, 15) is 4.79 Å². The maximum absolute atomic E-state index is 11.4. The van der Waals surface area contributed by atoms with Crippen LogP contribution in [-0.2, 0) is 9.53 Å². The molecule has 1 rings (SSSR count). The Kier molecular flexibility index (Phi) is 4.53. The zero-order valence-electron chi connectivity index (χ0n) is 10.5. The predicted octanol–water partition coefficient (Wildman–Crippen LogP) is 3.71. The summed E-state index contributed by atoms with van der Waals surface area (Å²) in [6.07, 6.45) is 1.17. The minimum Gasteiger partial charge on any atom is -0.458 e. The summed E-state index contributed by atoms with van der Waals surface area (Å²) in [6, 6.07) is 6.19. The average molecular weight is 220 g/mol. The summed E-state index contributed by atoms with van der Waals surface area (Å²) < 4.78 is 5.36. The number of esters is 1. The largest absolute Gasteiger partial charge is 0.458 e. The van der Waals surface area contributed by atoms with Gasteiger partial charge in [0.25, 0.3) is 0 Å². The Morgan fingerprint density at radius 3 is 2.62 bits per heavy atom. The quantitative estimate of drug-likeness (QED) is 0.723. The van der Waals surface area contributed by atoms with E-state index in [-0.39, 0.29) is 12.1 Å². The van der Waals surface area contributed by atoms with E-state index < -0.39 is 0 Å². The number of hydrogen-bond donors (Lipinski definition) is 0.